The van der Waals surface area contributed by atoms with Crippen molar-refractivity contribution in [3.8, 4) is 0 Å². The van der Waals surface area contributed by atoms with Gasteiger partial charge in [0.2, 0.25) is 0 Å². The van der Waals surface area contributed by atoms with Crippen LogP contribution in [0.3, 0.4) is 0 Å². The summed E-state index contributed by atoms with van der Waals surface area (Å²) < 4.78 is 41.7. The Morgan fingerprint density at radius 2 is 1.89 bits per heavy atom. The van der Waals surface area contributed by atoms with Crippen LogP contribution in [0, 0.1) is 0 Å². The van der Waals surface area contributed by atoms with Gasteiger partial charge < -0.3 is 9.84 Å². The third kappa shape index (κ3) is 4.58. The van der Waals surface area contributed by atoms with Crippen molar-refractivity contribution in [1.82, 2.24) is 0 Å². The van der Waals surface area contributed by atoms with Crippen molar-refractivity contribution in [2.75, 3.05) is 0 Å². The summed E-state index contributed by atoms with van der Waals surface area (Å²) in [5, 5.41) is 9.13. The molecule has 0 amide bonds. The van der Waals surface area contributed by atoms with Crippen LogP contribution in [-0.2, 0) is 9.53 Å². The molecule has 1 rings (SSSR count). The number of carbonyl (C=O) groups is 1. The van der Waals surface area contributed by atoms with E-state index in [1.807, 2.05) is 0 Å². The van der Waals surface area contributed by atoms with E-state index in [1.54, 1.807) is 30.3 Å². The van der Waals surface area contributed by atoms with Crippen LogP contribution < -0.4 is 0 Å². The summed E-state index contributed by atoms with van der Waals surface area (Å²) in [4.78, 5) is 11.2. The van der Waals surface area contributed by atoms with E-state index in [0.717, 1.165) is 6.92 Å². The van der Waals surface area contributed by atoms with Crippen molar-refractivity contribution in [2.24, 2.45) is 0 Å². The Labute approximate surface area is 106 Å². The fraction of sp³-hybridized carbons (Fsp3) is 0.364. The van der Waals surface area contributed by atoms with Crippen molar-refractivity contribution < 1.29 is 27.8 Å². The molecule has 100 valence electrons. The molecule has 0 saturated heterocycles. The maximum Gasteiger partial charge on any atom is 0.418 e. The van der Waals surface area contributed by atoms with Gasteiger partial charge in [0.05, 0.1) is 0 Å². The van der Waals surface area contributed by atoms with Gasteiger partial charge in [0.1, 0.15) is 0 Å². The summed E-state index contributed by atoms with van der Waals surface area (Å²) in [7, 11) is 0. The molecule has 1 aromatic rings. The van der Waals surface area contributed by atoms with Crippen LogP contribution in [0.1, 0.15) is 6.92 Å². The Balaban J connectivity index is 2.82. The number of thioether (sulfide) groups is 1. The quantitative estimate of drug-likeness (QED) is 0.523. The number of aliphatic hydroxyl groups is 1. The number of rotatable bonds is 4. The minimum absolute atomic E-state index is 0.465. The molecule has 2 atom stereocenters. The smallest absolute Gasteiger partial charge is 0.418 e. The molecule has 7 heteroatoms. The zero-order chi connectivity index (χ0) is 13.8. The molecule has 0 heterocycles. The lowest BCUT2D eigenvalue weighted by molar-refractivity contribution is -0.222. The van der Waals surface area contributed by atoms with Gasteiger partial charge in [-0.25, -0.2) is 0 Å². The molecule has 0 spiro atoms. The highest BCUT2D eigenvalue weighted by Crippen LogP contribution is 2.33. The van der Waals surface area contributed by atoms with Gasteiger partial charge in [0, 0.05) is 11.8 Å². The minimum atomic E-state index is -4.85. The van der Waals surface area contributed by atoms with Crippen molar-refractivity contribution >= 4 is 17.7 Å². The molecular weight excluding hydrogens is 269 g/mol. The second-order valence-corrected chi connectivity index (χ2v) is 4.57. The summed E-state index contributed by atoms with van der Waals surface area (Å²) in [5.74, 6) is -0.883. The third-order valence-corrected chi connectivity index (χ3v) is 3.00. The Bertz CT molecular complexity index is 394. The topological polar surface area (TPSA) is 46.5 Å². The number of ether oxygens (including phenoxy) is 1. The molecule has 0 aliphatic rings. The zero-order valence-electron chi connectivity index (χ0n) is 9.35. The van der Waals surface area contributed by atoms with E-state index >= 15 is 0 Å². The lowest BCUT2D eigenvalue weighted by Gasteiger charge is -2.23. The number of benzene rings is 1. The molecule has 18 heavy (non-hydrogen) atoms. The number of aliphatic hydroxyl groups excluding tert-OH is 1. The molecule has 0 aliphatic carbocycles. The Morgan fingerprint density at radius 1 is 1.33 bits per heavy atom. The zero-order valence-corrected chi connectivity index (χ0v) is 10.2. The van der Waals surface area contributed by atoms with Gasteiger partial charge in [0.15, 0.2) is 11.5 Å². The molecule has 3 nitrogen and oxygen atoms in total. The van der Waals surface area contributed by atoms with Crippen LogP contribution >= 0.6 is 11.8 Å². The van der Waals surface area contributed by atoms with Gasteiger partial charge in [-0.05, 0) is 12.1 Å². The van der Waals surface area contributed by atoms with E-state index in [4.69, 9.17) is 5.11 Å². The van der Waals surface area contributed by atoms with Crippen LogP contribution in [0.25, 0.3) is 0 Å². The van der Waals surface area contributed by atoms with E-state index in [1.165, 1.54) is 0 Å². The van der Waals surface area contributed by atoms with Crippen LogP contribution in [0.5, 0.6) is 0 Å². The molecule has 0 bridgehead atoms. The largest absolute Gasteiger partial charge is 0.448 e. The lowest BCUT2D eigenvalue weighted by atomic mass is 10.4. The molecule has 2 unspecified atom stereocenters. The maximum atomic E-state index is 12.4. The summed E-state index contributed by atoms with van der Waals surface area (Å²) in [5.41, 5.74) is -1.72. The van der Waals surface area contributed by atoms with Gasteiger partial charge >= 0.3 is 12.1 Å². The molecule has 0 aromatic heterocycles. The van der Waals surface area contributed by atoms with Crippen LogP contribution in [0.4, 0.5) is 13.2 Å². The van der Waals surface area contributed by atoms with Crippen molar-refractivity contribution in [1.29, 1.82) is 0 Å². The number of carbonyl (C=O) groups excluding carboxylic acids is 1. The van der Waals surface area contributed by atoms with E-state index in [2.05, 4.69) is 4.74 Å². The van der Waals surface area contributed by atoms with Gasteiger partial charge in [0.25, 0.3) is 0 Å². The van der Waals surface area contributed by atoms with Crippen molar-refractivity contribution in [2.45, 2.75) is 29.5 Å². The number of hydrogen-bond donors (Lipinski definition) is 1. The van der Waals surface area contributed by atoms with Crippen molar-refractivity contribution in [3.05, 3.63) is 30.3 Å². The predicted molar refractivity (Wildman–Crippen MR) is 59.9 cm³/mol. The van der Waals surface area contributed by atoms with E-state index in [-0.39, 0.29) is 0 Å². The number of halogens is 3. The Hall–Kier alpha value is -1.21. The van der Waals surface area contributed by atoms with E-state index in [9.17, 15) is 18.0 Å². The summed E-state index contributed by atoms with van der Waals surface area (Å²) in [6, 6.07) is 8.08. The SMILES string of the molecule is CC(=O)OC(Sc1ccccc1)C(O)C(F)(F)F. The highest BCUT2D eigenvalue weighted by Gasteiger charge is 2.45. The molecule has 0 fully saturated rings. The molecule has 0 saturated carbocycles. The number of alkyl halides is 3. The molecular formula is C11H11F3O3S. The summed E-state index contributed by atoms with van der Waals surface area (Å²) >= 11 is 0.639. The summed E-state index contributed by atoms with van der Waals surface area (Å²) in [6.07, 6.45) is -7.58. The second-order valence-electron chi connectivity index (χ2n) is 3.40. The first-order valence-electron chi connectivity index (χ1n) is 4.94. The van der Waals surface area contributed by atoms with Gasteiger partial charge in [-0.15, -0.1) is 0 Å². The molecule has 1 N–H and O–H groups in total. The van der Waals surface area contributed by atoms with Crippen LogP contribution in [0.15, 0.2) is 35.2 Å². The number of esters is 1. The van der Waals surface area contributed by atoms with E-state index in [0.29, 0.717) is 16.7 Å². The Morgan fingerprint density at radius 3 is 2.33 bits per heavy atom. The minimum Gasteiger partial charge on any atom is -0.448 e. The monoisotopic (exact) mass is 280 g/mol. The van der Waals surface area contributed by atoms with Crippen LogP contribution in [-0.4, -0.2) is 28.8 Å². The number of hydrogen-bond acceptors (Lipinski definition) is 4. The molecule has 0 radical (unpaired) electrons. The van der Waals surface area contributed by atoms with Crippen molar-refractivity contribution in [3.63, 3.8) is 0 Å². The van der Waals surface area contributed by atoms with Crippen LogP contribution in [0.2, 0.25) is 0 Å². The first-order valence-corrected chi connectivity index (χ1v) is 5.82. The third-order valence-electron chi connectivity index (χ3n) is 1.87. The van der Waals surface area contributed by atoms with Gasteiger partial charge in [-0.1, -0.05) is 30.0 Å². The average Bonchev–Trinajstić information content (AvgIpc) is 2.26. The van der Waals surface area contributed by atoms with Gasteiger partial charge in [-0.2, -0.15) is 13.2 Å². The second kappa shape index (κ2) is 6.10. The normalized spacial score (nSPS) is 14.9. The fourth-order valence-electron chi connectivity index (χ4n) is 1.10. The highest BCUT2D eigenvalue weighted by molar-refractivity contribution is 7.99. The first-order chi connectivity index (χ1) is 8.30. The Kier molecular flexibility index (Phi) is 5.03. The maximum absolute atomic E-state index is 12.4. The lowest BCUT2D eigenvalue weighted by Crippen LogP contribution is -2.40. The standard InChI is InChI=1S/C11H11F3O3S/c1-7(15)17-10(9(16)11(12,13)14)18-8-5-3-2-4-6-8/h2-6,9-10,16H,1H3. The fourth-order valence-corrected chi connectivity index (χ4v) is 2.15. The predicted octanol–water partition coefficient (Wildman–Crippen LogP) is 2.59. The highest BCUT2D eigenvalue weighted by atomic mass is 32.2. The average molecular weight is 280 g/mol. The van der Waals surface area contributed by atoms with E-state index < -0.39 is 23.7 Å². The first kappa shape index (κ1) is 14.8. The molecule has 1 aromatic carbocycles. The van der Waals surface area contributed by atoms with Gasteiger partial charge in [-0.3, -0.25) is 4.79 Å². The molecule has 0 aliphatic heterocycles. The summed E-state index contributed by atoms with van der Waals surface area (Å²) in [6.45, 7) is 0.988.